The summed E-state index contributed by atoms with van der Waals surface area (Å²) in [6.45, 7) is 9.48. The number of hydrogen-bond donors (Lipinski definition) is 1. The van der Waals surface area contributed by atoms with Crippen LogP contribution in [0.1, 0.15) is 40.9 Å². The summed E-state index contributed by atoms with van der Waals surface area (Å²) in [6, 6.07) is 9.85. The third-order valence-electron chi connectivity index (χ3n) is 4.40. The van der Waals surface area contributed by atoms with Crippen LogP contribution in [0.5, 0.6) is 5.75 Å². The molecule has 0 aromatic heterocycles. The van der Waals surface area contributed by atoms with Crippen LogP contribution in [0.4, 0.5) is 0 Å². The Morgan fingerprint density at radius 2 is 1.62 bits per heavy atom. The third-order valence-corrected chi connectivity index (χ3v) is 4.73. The lowest BCUT2D eigenvalue weighted by molar-refractivity contribution is -0.137. The summed E-state index contributed by atoms with van der Waals surface area (Å²) in [6.07, 6.45) is 0. The van der Waals surface area contributed by atoms with Gasteiger partial charge in [-0.25, -0.2) is 4.79 Å². The topological polar surface area (TPSA) is 55.4 Å². The van der Waals surface area contributed by atoms with E-state index in [0.717, 1.165) is 16.7 Å². The van der Waals surface area contributed by atoms with E-state index in [1.807, 2.05) is 46.8 Å². The Hall–Kier alpha value is -2.33. The van der Waals surface area contributed by atoms with E-state index in [2.05, 4.69) is 5.32 Å². The normalized spacial score (nSPS) is 12.0. The molecule has 1 atom stereocenters. The molecule has 0 saturated heterocycles. The number of esters is 1. The quantitative estimate of drug-likeness (QED) is 0.614. The summed E-state index contributed by atoms with van der Waals surface area (Å²) >= 11 is 6.07. The predicted octanol–water partition coefficient (Wildman–Crippen LogP) is 4.63. The molecule has 0 aliphatic heterocycles. The van der Waals surface area contributed by atoms with Crippen molar-refractivity contribution in [1.29, 1.82) is 0 Å². The monoisotopic (exact) mass is 373 g/mol. The van der Waals surface area contributed by atoms with Gasteiger partial charge in [0, 0.05) is 0 Å². The van der Waals surface area contributed by atoms with Gasteiger partial charge in [-0.15, -0.1) is 0 Å². The summed E-state index contributed by atoms with van der Waals surface area (Å²) in [5.41, 5.74) is 3.16. The van der Waals surface area contributed by atoms with Crippen LogP contribution in [0, 0.1) is 26.7 Å². The summed E-state index contributed by atoms with van der Waals surface area (Å²) in [5, 5.41) is 3.09. The molecule has 0 aliphatic carbocycles. The van der Waals surface area contributed by atoms with Gasteiger partial charge in [0.05, 0.1) is 10.6 Å². The number of benzene rings is 2. The fourth-order valence-corrected chi connectivity index (χ4v) is 2.83. The van der Waals surface area contributed by atoms with E-state index in [0.29, 0.717) is 16.3 Å². The summed E-state index contributed by atoms with van der Waals surface area (Å²) in [4.78, 5) is 25.3. The minimum Gasteiger partial charge on any atom is -0.424 e. The number of nitrogens with one attached hydrogen (secondary N) is 1. The van der Waals surface area contributed by atoms with Crippen molar-refractivity contribution in [1.82, 2.24) is 5.32 Å². The standard InChI is InChI=1S/C21H24ClNO3/c1-12(2)18(23-20(24)16-8-6-7-9-17(16)22)21(25)26-19-14(4)11-10-13(3)15(19)5/h6-12,18H,1-5H3,(H,23,24). The van der Waals surface area contributed by atoms with Gasteiger partial charge in [0.15, 0.2) is 0 Å². The first kappa shape index (κ1) is 20.0. The molecule has 2 rings (SSSR count). The maximum absolute atomic E-state index is 12.8. The van der Waals surface area contributed by atoms with Gasteiger partial charge >= 0.3 is 5.97 Å². The highest BCUT2D eigenvalue weighted by molar-refractivity contribution is 6.33. The van der Waals surface area contributed by atoms with E-state index in [9.17, 15) is 9.59 Å². The Morgan fingerprint density at radius 3 is 2.23 bits per heavy atom. The molecule has 2 aromatic carbocycles. The van der Waals surface area contributed by atoms with Crippen molar-refractivity contribution in [2.24, 2.45) is 5.92 Å². The second kappa shape index (κ2) is 8.37. The molecule has 138 valence electrons. The van der Waals surface area contributed by atoms with E-state index in [1.54, 1.807) is 24.3 Å². The van der Waals surface area contributed by atoms with Gasteiger partial charge in [-0.05, 0) is 55.5 Å². The Balaban J connectivity index is 2.22. The molecule has 5 heteroatoms. The van der Waals surface area contributed by atoms with E-state index in [4.69, 9.17) is 16.3 Å². The van der Waals surface area contributed by atoms with Crippen molar-refractivity contribution in [3.05, 3.63) is 63.7 Å². The molecule has 0 saturated carbocycles. The van der Waals surface area contributed by atoms with E-state index < -0.39 is 17.9 Å². The van der Waals surface area contributed by atoms with Crippen molar-refractivity contribution in [3.63, 3.8) is 0 Å². The lowest BCUT2D eigenvalue weighted by Crippen LogP contribution is -2.46. The number of amides is 1. The summed E-state index contributed by atoms with van der Waals surface area (Å²) in [7, 11) is 0. The van der Waals surface area contributed by atoms with Crippen molar-refractivity contribution in [3.8, 4) is 5.75 Å². The molecule has 0 heterocycles. The van der Waals surface area contributed by atoms with Crippen LogP contribution in [-0.4, -0.2) is 17.9 Å². The number of ether oxygens (including phenoxy) is 1. The van der Waals surface area contributed by atoms with Gasteiger partial charge in [0.1, 0.15) is 11.8 Å². The molecular formula is C21H24ClNO3. The average molecular weight is 374 g/mol. The third kappa shape index (κ3) is 4.44. The van der Waals surface area contributed by atoms with Gasteiger partial charge in [-0.1, -0.05) is 49.7 Å². The number of carbonyl (C=O) groups excluding carboxylic acids is 2. The van der Waals surface area contributed by atoms with Crippen LogP contribution in [-0.2, 0) is 4.79 Å². The average Bonchev–Trinajstić information content (AvgIpc) is 2.59. The second-order valence-corrected chi connectivity index (χ2v) is 7.16. The Morgan fingerprint density at radius 1 is 1.00 bits per heavy atom. The largest absolute Gasteiger partial charge is 0.424 e. The Kier molecular flexibility index (Phi) is 6.43. The van der Waals surface area contributed by atoms with Crippen LogP contribution >= 0.6 is 11.6 Å². The second-order valence-electron chi connectivity index (χ2n) is 6.75. The fourth-order valence-electron chi connectivity index (χ4n) is 2.61. The molecule has 0 bridgehead atoms. The molecule has 0 spiro atoms. The Bertz CT molecular complexity index is 830. The van der Waals surface area contributed by atoms with Crippen molar-refractivity contribution in [2.75, 3.05) is 0 Å². The number of hydrogen-bond acceptors (Lipinski definition) is 3. The molecule has 0 aliphatic rings. The Labute approximate surface area is 159 Å². The van der Waals surface area contributed by atoms with Gasteiger partial charge in [-0.2, -0.15) is 0 Å². The SMILES string of the molecule is Cc1ccc(C)c(OC(=O)C(NC(=O)c2ccccc2Cl)C(C)C)c1C. The number of aryl methyl sites for hydroxylation is 2. The van der Waals surface area contributed by atoms with Crippen LogP contribution in [0.3, 0.4) is 0 Å². The first-order chi connectivity index (χ1) is 12.2. The van der Waals surface area contributed by atoms with Gasteiger partial charge < -0.3 is 10.1 Å². The fraction of sp³-hybridized carbons (Fsp3) is 0.333. The highest BCUT2D eigenvalue weighted by Crippen LogP contribution is 2.26. The number of halogens is 1. The zero-order chi connectivity index (χ0) is 19.4. The number of carbonyl (C=O) groups is 2. The summed E-state index contributed by atoms with van der Waals surface area (Å²) in [5.74, 6) is -0.479. The molecule has 4 nitrogen and oxygen atoms in total. The van der Waals surface area contributed by atoms with E-state index in [-0.39, 0.29) is 5.92 Å². The minimum absolute atomic E-state index is 0.139. The van der Waals surface area contributed by atoms with Crippen LogP contribution < -0.4 is 10.1 Å². The van der Waals surface area contributed by atoms with Crippen molar-refractivity contribution >= 4 is 23.5 Å². The van der Waals surface area contributed by atoms with Crippen LogP contribution in [0.2, 0.25) is 5.02 Å². The maximum Gasteiger partial charge on any atom is 0.334 e. The van der Waals surface area contributed by atoms with Crippen LogP contribution in [0.15, 0.2) is 36.4 Å². The van der Waals surface area contributed by atoms with Gasteiger partial charge in [0.25, 0.3) is 5.91 Å². The molecule has 0 fully saturated rings. The molecular weight excluding hydrogens is 350 g/mol. The lowest BCUT2D eigenvalue weighted by atomic mass is 10.0. The molecule has 0 radical (unpaired) electrons. The lowest BCUT2D eigenvalue weighted by Gasteiger charge is -2.22. The van der Waals surface area contributed by atoms with Crippen LogP contribution in [0.25, 0.3) is 0 Å². The molecule has 1 N–H and O–H groups in total. The van der Waals surface area contributed by atoms with E-state index in [1.165, 1.54) is 0 Å². The predicted molar refractivity (Wildman–Crippen MR) is 104 cm³/mol. The summed E-state index contributed by atoms with van der Waals surface area (Å²) < 4.78 is 5.66. The molecule has 2 aromatic rings. The van der Waals surface area contributed by atoms with Crippen molar-refractivity contribution < 1.29 is 14.3 Å². The highest BCUT2D eigenvalue weighted by atomic mass is 35.5. The van der Waals surface area contributed by atoms with E-state index >= 15 is 0 Å². The molecule has 1 unspecified atom stereocenters. The van der Waals surface area contributed by atoms with Crippen molar-refractivity contribution in [2.45, 2.75) is 40.7 Å². The maximum atomic E-state index is 12.8. The smallest absolute Gasteiger partial charge is 0.334 e. The zero-order valence-corrected chi connectivity index (χ0v) is 16.5. The molecule has 26 heavy (non-hydrogen) atoms. The minimum atomic E-state index is -0.780. The first-order valence-electron chi connectivity index (χ1n) is 8.56. The van der Waals surface area contributed by atoms with Gasteiger partial charge in [0.2, 0.25) is 0 Å². The zero-order valence-electron chi connectivity index (χ0n) is 15.7. The first-order valence-corrected chi connectivity index (χ1v) is 8.94. The number of rotatable bonds is 5. The van der Waals surface area contributed by atoms with Gasteiger partial charge in [-0.3, -0.25) is 4.79 Å². The molecule has 1 amide bonds. The highest BCUT2D eigenvalue weighted by Gasteiger charge is 2.28.